The summed E-state index contributed by atoms with van der Waals surface area (Å²) >= 11 is 0. The molecule has 0 radical (unpaired) electrons. The molecule has 0 spiro atoms. The van der Waals surface area contributed by atoms with Gasteiger partial charge in [0.05, 0.1) is 6.61 Å². The van der Waals surface area contributed by atoms with Crippen LogP contribution in [-0.4, -0.2) is 15.4 Å². The first-order valence-electron chi connectivity index (χ1n) is 13.5. The van der Waals surface area contributed by atoms with Crippen molar-refractivity contribution in [2.75, 3.05) is 6.61 Å². The SMILES string of the molecule is CCCCC[Si@H]1CC[C@H]([C@H]2CC[C@H](CCCCc3ccc(OCC)cc3)CC2)CC1. The third kappa shape index (κ3) is 8.06. The summed E-state index contributed by atoms with van der Waals surface area (Å²) in [6.07, 6.45) is 19.3. The van der Waals surface area contributed by atoms with Crippen molar-refractivity contribution in [2.45, 2.75) is 115 Å². The average molecular weight is 429 g/mol. The van der Waals surface area contributed by atoms with Crippen molar-refractivity contribution < 1.29 is 4.74 Å². The highest BCUT2D eigenvalue weighted by atomic mass is 28.3. The Balaban J connectivity index is 1.24. The first-order chi connectivity index (χ1) is 14.8. The summed E-state index contributed by atoms with van der Waals surface area (Å²) in [5.41, 5.74) is 1.47. The fourth-order valence-corrected chi connectivity index (χ4v) is 9.79. The normalized spacial score (nSPS) is 27.1. The molecule has 1 aliphatic carbocycles. The third-order valence-corrected chi connectivity index (χ3v) is 11.8. The standard InChI is InChI=1S/C28H48OSi/c1-3-5-8-21-30-22-19-27(20-23-30)26-15-11-24(12-16-26)9-6-7-10-25-13-17-28(18-14-25)29-4-2/h13-14,17-18,24,26-27,30H,3-12,15-16,19-23H2,1-2H3/t24-,26-,27-,30-. The summed E-state index contributed by atoms with van der Waals surface area (Å²) in [4.78, 5) is 0. The van der Waals surface area contributed by atoms with Crippen LogP contribution in [0, 0.1) is 17.8 Å². The van der Waals surface area contributed by atoms with Crippen LogP contribution in [0.1, 0.15) is 96.5 Å². The lowest BCUT2D eigenvalue weighted by molar-refractivity contribution is 0.184. The number of unbranched alkanes of at least 4 members (excludes halogenated alkanes) is 3. The molecule has 0 atom stereocenters. The van der Waals surface area contributed by atoms with Crippen LogP contribution < -0.4 is 4.74 Å². The van der Waals surface area contributed by atoms with Crippen LogP contribution >= 0.6 is 0 Å². The van der Waals surface area contributed by atoms with Gasteiger partial charge in [-0.05, 0) is 68.1 Å². The minimum Gasteiger partial charge on any atom is -0.494 e. The smallest absolute Gasteiger partial charge is 0.119 e. The highest BCUT2D eigenvalue weighted by molar-refractivity contribution is 6.58. The van der Waals surface area contributed by atoms with E-state index in [0.717, 1.165) is 30.1 Å². The third-order valence-electron chi connectivity index (χ3n) is 8.23. The number of ether oxygens (including phenoxy) is 1. The number of benzene rings is 1. The van der Waals surface area contributed by atoms with E-state index in [1.165, 1.54) is 56.9 Å². The second-order valence-corrected chi connectivity index (χ2v) is 13.8. The van der Waals surface area contributed by atoms with Gasteiger partial charge in [-0.1, -0.05) is 95.0 Å². The minimum absolute atomic E-state index is 0.322. The van der Waals surface area contributed by atoms with E-state index >= 15 is 0 Å². The Morgan fingerprint density at radius 2 is 1.50 bits per heavy atom. The Kier molecular flexibility index (Phi) is 10.8. The molecule has 30 heavy (non-hydrogen) atoms. The molecule has 3 rings (SSSR count). The Morgan fingerprint density at radius 3 is 2.17 bits per heavy atom. The number of rotatable bonds is 12. The van der Waals surface area contributed by atoms with Gasteiger partial charge in [0.15, 0.2) is 0 Å². The van der Waals surface area contributed by atoms with Crippen LogP contribution in [0.25, 0.3) is 0 Å². The summed E-state index contributed by atoms with van der Waals surface area (Å²) in [6, 6.07) is 13.8. The van der Waals surface area contributed by atoms with E-state index in [0.29, 0.717) is 0 Å². The van der Waals surface area contributed by atoms with Gasteiger partial charge in [0.1, 0.15) is 5.75 Å². The first-order valence-corrected chi connectivity index (χ1v) is 15.9. The second kappa shape index (κ2) is 13.6. The number of hydrogen-bond acceptors (Lipinski definition) is 1. The van der Waals surface area contributed by atoms with Gasteiger partial charge in [-0.15, -0.1) is 0 Å². The number of aryl methyl sites for hydroxylation is 1. The predicted octanol–water partition coefficient (Wildman–Crippen LogP) is 8.43. The van der Waals surface area contributed by atoms with Crippen molar-refractivity contribution in [1.82, 2.24) is 0 Å². The van der Waals surface area contributed by atoms with E-state index in [-0.39, 0.29) is 8.80 Å². The van der Waals surface area contributed by atoms with E-state index < -0.39 is 0 Å². The maximum absolute atomic E-state index is 5.55. The van der Waals surface area contributed by atoms with Gasteiger partial charge in [0.2, 0.25) is 0 Å². The van der Waals surface area contributed by atoms with Gasteiger partial charge in [-0.2, -0.15) is 0 Å². The molecule has 0 N–H and O–H groups in total. The summed E-state index contributed by atoms with van der Waals surface area (Å²) in [7, 11) is -0.322. The lowest BCUT2D eigenvalue weighted by atomic mass is 9.73. The van der Waals surface area contributed by atoms with Crippen molar-refractivity contribution in [1.29, 1.82) is 0 Å². The van der Waals surface area contributed by atoms with E-state index in [2.05, 4.69) is 31.2 Å². The van der Waals surface area contributed by atoms with Gasteiger partial charge >= 0.3 is 0 Å². The molecule has 0 amide bonds. The molecule has 1 saturated heterocycles. The first kappa shape index (κ1) is 23.9. The van der Waals surface area contributed by atoms with Gasteiger partial charge in [-0.25, -0.2) is 0 Å². The fourth-order valence-electron chi connectivity index (χ4n) is 6.26. The molecule has 2 aliphatic rings. The fraction of sp³-hybridized carbons (Fsp3) is 0.786. The van der Waals surface area contributed by atoms with Crippen LogP contribution in [0.3, 0.4) is 0 Å². The van der Waals surface area contributed by atoms with Crippen molar-refractivity contribution in [3.8, 4) is 5.75 Å². The van der Waals surface area contributed by atoms with Crippen LogP contribution in [0.5, 0.6) is 5.75 Å². The van der Waals surface area contributed by atoms with E-state index in [4.69, 9.17) is 4.74 Å². The zero-order valence-corrected chi connectivity index (χ0v) is 21.2. The molecular formula is C28H48OSi. The summed E-state index contributed by atoms with van der Waals surface area (Å²) in [6.45, 7) is 5.14. The molecule has 1 aliphatic heterocycles. The van der Waals surface area contributed by atoms with Crippen LogP contribution in [0.2, 0.25) is 18.1 Å². The van der Waals surface area contributed by atoms with Crippen LogP contribution in [-0.2, 0) is 6.42 Å². The maximum Gasteiger partial charge on any atom is 0.119 e. The molecule has 170 valence electrons. The topological polar surface area (TPSA) is 9.23 Å². The second-order valence-electron chi connectivity index (χ2n) is 10.4. The predicted molar refractivity (Wildman–Crippen MR) is 134 cm³/mol. The zero-order valence-electron chi connectivity index (χ0n) is 20.0. The van der Waals surface area contributed by atoms with E-state index in [9.17, 15) is 0 Å². The van der Waals surface area contributed by atoms with Gasteiger partial charge in [0, 0.05) is 8.80 Å². The summed E-state index contributed by atoms with van der Waals surface area (Å²) in [5, 5.41) is 0. The molecule has 1 aromatic carbocycles. The van der Waals surface area contributed by atoms with Gasteiger partial charge in [-0.3, -0.25) is 0 Å². The van der Waals surface area contributed by atoms with Crippen molar-refractivity contribution >= 4 is 8.80 Å². The van der Waals surface area contributed by atoms with Crippen molar-refractivity contribution in [3.63, 3.8) is 0 Å². The molecule has 1 aromatic rings. The lowest BCUT2D eigenvalue weighted by Gasteiger charge is -2.37. The number of hydrogen-bond donors (Lipinski definition) is 0. The lowest BCUT2D eigenvalue weighted by Crippen LogP contribution is -2.28. The highest BCUT2D eigenvalue weighted by Gasteiger charge is 2.30. The van der Waals surface area contributed by atoms with Crippen LogP contribution in [0.4, 0.5) is 0 Å². The Bertz CT molecular complexity index is 553. The van der Waals surface area contributed by atoms with Crippen molar-refractivity contribution in [3.05, 3.63) is 29.8 Å². The van der Waals surface area contributed by atoms with Crippen LogP contribution in [0.15, 0.2) is 24.3 Å². The highest BCUT2D eigenvalue weighted by Crippen LogP contribution is 2.42. The van der Waals surface area contributed by atoms with E-state index in [1.54, 1.807) is 50.2 Å². The van der Waals surface area contributed by atoms with Crippen molar-refractivity contribution in [2.24, 2.45) is 17.8 Å². The molecule has 1 heterocycles. The monoisotopic (exact) mass is 428 g/mol. The Hall–Kier alpha value is -0.763. The minimum atomic E-state index is -0.322. The molecule has 0 unspecified atom stereocenters. The molecule has 2 fully saturated rings. The zero-order chi connectivity index (χ0) is 21.0. The Morgan fingerprint density at radius 1 is 0.800 bits per heavy atom. The molecule has 1 saturated carbocycles. The average Bonchev–Trinajstić information content (AvgIpc) is 2.79. The quantitative estimate of drug-likeness (QED) is 0.240. The maximum atomic E-state index is 5.55. The molecule has 2 heteroatoms. The van der Waals surface area contributed by atoms with Gasteiger partial charge < -0.3 is 4.74 Å². The molecule has 0 aromatic heterocycles. The molecular weight excluding hydrogens is 380 g/mol. The Labute approximate surface area is 189 Å². The summed E-state index contributed by atoms with van der Waals surface area (Å²) < 4.78 is 5.55. The molecule has 0 bridgehead atoms. The van der Waals surface area contributed by atoms with Gasteiger partial charge in [0.25, 0.3) is 0 Å². The summed E-state index contributed by atoms with van der Waals surface area (Å²) in [5.74, 6) is 4.24. The van der Waals surface area contributed by atoms with E-state index in [1.807, 2.05) is 6.92 Å². The molecule has 1 nitrogen and oxygen atoms in total. The largest absolute Gasteiger partial charge is 0.494 e.